The molecule has 1 rings (SSSR count). The van der Waals surface area contributed by atoms with E-state index in [1.54, 1.807) is 24.5 Å². The van der Waals surface area contributed by atoms with Crippen LogP contribution in [0.2, 0.25) is 0 Å². The molecule has 4 heteroatoms. The van der Waals surface area contributed by atoms with Crippen molar-refractivity contribution < 1.29 is 4.79 Å². The van der Waals surface area contributed by atoms with Gasteiger partial charge in [-0.05, 0) is 30.9 Å². The highest BCUT2D eigenvalue weighted by atomic mass is 16.2. The molecule has 0 aromatic carbocycles. The average Bonchev–Trinajstić information content (AvgIpc) is 2.35. The molecule has 0 aliphatic carbocycles. The molecule has 1 aromatic rings. The van der Waals surface area contributed by atoms with E-state index < -0.39 is 0 Å². The van der Waals surface area contributed by atoms with Gasteiger partial charge >= 0.3 is 0 Å². The number of aromatic nitrogens is 1. The van der Waals surface area contributed by atoms with E-state index in [0.29, 0.717) is 11.5 Å². The van der Waals surface area contributed by atoms with Crippen molar-refractivity contribution in [2.75, 3.05) is 0 Å². The summed E-state index contributed by atoms with van der Waals surface area (Å²) in [5.41, 5.74) is 3.01. The second-order valence-corrected chi connectivity index (χ2v) is 3.54. The number of rotatable bonds is 5. The van der Waals surface area contributed by atoms with Crippen LogP contribution in [0.3, 0.4) is 0 Å². The standard InChI is InChI=1S/C12H17N3O/c1-3-10(4-2)8-14-15-12(16)11-6-5-7-13-9-11/h5-10H,3-4H2,1-2H3,(H,15,16)/b14-8+. The second kappa shape index (κ2) is 6.71. The lowest BCUT2D eigenvalue weighted by Crippen LogP contribution is -2.18. The summed E-state index contributed by atoms with van der Waals surface area (Å²) in [5.74, 6) is 0.199. The minimum Gasteiger partial charge on any atom is -0.267 e. The van der Waals surface area contributed by atoms with Crippen LogP contribution in [0.5, 0.6) is 0 Å². The summed E-state index contributed by atoms with van der Waals surface area (Å²) >= 11 is 0. The quantitative estimate of drug-likeness (QED) is 0.610. The van der Waals surface area contributed by atoms with Crippen molar-refractivity contribution in [1.82, 2.24) is 10.4 Å². The lowest BCUT2D eigenvalue weighted by Gasteiger charge is -2.04. The molecule has 0 spiro atoms. The molecular formula is C12H17N3O. The largest absolute Gasteiger partial charge is 0.272 e. The van der Waals surface area contributed by atoms with Crippen LogP contribution in [0, 0.1) is 5.92 Å². The number of hydrogen-bond acceptors (Lipinski definition) is 3. The molecule has 0 bridgehead atoms. The van der Waals surface area contributed by atoms with Crippen LogP contribution in [0.15, 0.2) is 29.6 Å². The Morgan fingerprint density at radius 1 is 1.56 bits per heavy atom. The van der Waals surface area contributed by atoms with E-state index in [9.17, 15) is 4.79 Å². The highest BCUT2D eigenvalue weighted by molar-refractivity contribution is 5.93. The van der Waals surface area contributed by atoms with Crippen molar-refractivity contribution in [3.63, 3.8) is 0 Å². The minimum atomic E-state index is -0.227. The fraction of sp³-hybridized carbons (Fsp3) is 0.417. The van der Waals surface area contributed by atoms with E-state index in [1.165, 1.54) is 6.20 Å². The Hall–Kier alpha value is -1.71. The van der Waals surface area contributed by atoms with Crippen LogP contribution in [0.4, 0.5) is 0 Å². The van der Waals surface area contributed by atoms with Crippen molar-refractivity contribution >= 4 is 12.1 Å². The zero-order valence-corrected chi connectivity index (χ0v) is 9.68. The molecule has 0 saturated heterocycles. The number of carbonyl (C=O) groups excluding carboxylic acids is 1. The second-order valence-electron chi connectivity index (χ2n) is 3.54. The zero-order chi connectivity index (χ0) is 11.8. The third-order valence-electron chi connectivity index (χ3n) is 2.42. The fourth-order valence-corrected chi connectivity index (χ4v) is 1.26. The van der Waals surface area contributed by atoms with E-state index in [-0.39, 0.29) is 5.91 Å². The van der Waals surface area contributed by atoms with Crippen LogP contribution < -0.4 is 5.43 Å². The first kappa shape index (κ1) is 12.4. The van der Waals surface area contributed by atoms with Gasteiger partial charge in [0.15, 0.2) is 0 Å². The number of amides is 1. The average molecular weight is 219 g/mol. The van der Waals surface area contributed by atoms with Gasteiger partial charge in [0, 0.05) is 18.6 Å². The molecule has 0 saturated carbocycles. The molecule has 0 fully saturated rings. The van der Waals surface area contributed by atoms with Crippen molar-refractivity contribution in [3.8, 4) is 0 Å². The third-order valence-corrected chi connectivity index (χ3v) is 2.42. The van der Waals surface area contributed by atoms with Gasteiger partial charge in [-0.2, -0.15) is 5.10 Å². The smallest absolute Gasteiger partial charge is 0.267 e. The van der Waals surface area contributed by atoms with Gasteiger partial charge in [-0.25, -0.2) is 5.43 Å². The van der Waals surface area contributed by atoms with Gasteiger partial charge in [0.1, 0.15) is 0 Å². The van der Waals surface area contributed by atoms with E-state index in [2.05, 4.69) is 29.4 Å². The first-order valence-electron chi connectivity index (χ1n) is 5.51. The summed E-state index contributed by atoms with van der Waals surface area (Å²) in [7, 11) is 0. The summed E-state index contributed by atoms with van der Waals surface area (Å²) in [6.45, 7) is 4.20. The molecule has 0 aliphatic heterocycles. The maximum atomic E-state index is 11.5. The molecule has 86 valence electrons. The molecular weight excluding hydrogens is 202 g/mol. The van der Waals surface area contributed by atoms with Crippen molar-refractivity contribution in [3.05, 3.63) is 30.1 Å². The predicted molar refractivity (Wildman–Crippen MR) is 64.3 cm³/mol. The number of nitrogens with zero attached hydrogens (tertiary/aromatic N) is 2. The molecule has 0 aliphatic rings. The monoisotopic (exact) mass is 219 g/mol. The van der Waals surface area contributed by atoms with E-state index in [4.69, 9.17) is 0 Å². The van der Waals surface area contributed by atoms with Gasteiger partial charge in [-0.1, -0.05) is 13.8 Å². The minimum absolute atomic E-state index is 0.227. The number of hydrogen-bond donors (Lipinski definition) is 1. The number of carbonyl (C=O) groups is 1. The summed E-state index contributed by atoms with van der Waals surface area (Å²) < 4.78 is 0. The Labute approximate surface area is 95.8 Å². The number of hydrazone groups is 1. The summed E-state index contributed by atoms with van der Waals surface area (Å²) in [5, 5.41) is 3.94. The topological polar surface area (TPSA) is 54.4 Å². The molecule has 16 heavy (non-hydrogen) atoms. The molecule has 0 atom stereocenters. The van der Waals surface area contributed by atoms with Gasteiger partial charge in [-0.15, -0.1) is 0 Å². The lowest BCUT2D eigenvalue weighted by molar-refractivity contribution is 0.0954. The maximum Gasteiger partial charge on any atom is 0.272 e. The Morgan fingerprint density at radius 2 is 2.31 bits per heavy atom. The van der Waals surface area contributed by atoms with Crippen molar-refractivity contribution in [2.45, 2.75) is 26.7 Å². The first-order valence-corrected chi connectivity index (χ1v) is 5.51. The Morgan fingerprint density at radius 3 is 2.88 bits per heavy atom. The van der Waals surface area contributed by atoms with Gasteiger partial charge in [0.05, 0.1) is 5.56 Å². The van der Waals surface area contributed by atoms with Crippen LogP contribution in [0.1, 0.15) is 37.0 Å². The Bertz CT molecular complexity index is 345. The molecule has 1 N–H and O–H groups in total. The lowest BCUT2D eigenvalue weighted by atomic mass is 10.1. The molecule has 0 radical (unpaired) electrons. The maximum absolute atomic E-state index is 11.5. The zero-order valence-electron chi connectivity index (χ0n) is 9.68. The highest BCUT2D eigenvalue weighted by Crippen LogP contribution is 2.03. The molecule has 1 amide bonds. The van der Waals surface area contributed by atoms with Crippen LogP contribution >= 0.6 is 0 Å². The van der Waals surface area contributed by atoms with E-state index >= 15 is 0 Å². The van der Waals surface area contributed by atoms with Crippen LogP contribution in [-0.4, -0.2) is 17.1 Å². The summed E-state index contributed by atoms with van der Waals surface area (Å²) in [6, 6.07) is 3.43. The van der Waals surface area contributed by atoms with Crippen LogP contribution in [0.25, 0.3) is 0 Å². The molecule has 4 nitrogen and oxygen atoms in total. The van der Waals surface area contributed by atoms with Gasteiger partial charge in [0.2, 0.25) is 0 Å². The third kappa shape index (κ3) is 3.81. The fourth-order valence-electron chi connectivity index (χ4n) is 1.26. The van der Waals surface area contributed by atoms with Gasteiger partial charge < -0.3 is 0 Å². The highest BCUT2D eigenvalue weighted by Gasteiger charge is 2.03. The molecule has 0 unspecified atom stereocenters. The molecule has 1 heterocycles. The number of nitrogens with one attached hydrogen (secondary N) is 1. The SMILES string of the molecule is CCC(/C=N/NC(=O)c1cccnc1)CC. The van der Waals surface area contributed by atoms with Crippen molar-refractivity contribution in [1.29, 1.82) is 0 Å². The van der Waals surface area contributed by atoms with E-state index in [1.807, 2.05) is 0 Å². The Balaban J connectivity index is 2.47. The van der Waals surface area contributed by atoms with Gasteiger partial charge in [0.25, 0.3) is 5.91 Å². The Kier molecular flexibility index (Phi) is 5.19. The normalized spacial score (nSPS) is 10.9. The van der Waals surface area contributed by atoms with E-state index in [0.717, 1.165) is 12.8 Å². The molecule has 1 aromatic heterocycles. The predicted octanol–water partition coefficient (Wildman–Crippen LogP) is 2.23. The van der Waals surface area contributed by atoms with Crippen molar-refractivity contribution in [2.24, 2.45) is 11.0 Å². The van der Waals surface area contributed by atoms with Crippen LogP contribution in [-0.2, 0) is 0 Å². The van der Waals surface area contributed by atoms with Gasteiger partial charge in [-0.3, -0.25) is 9.78 Å². The first-order chi connectivity index (χ1) is 7.77. The summed E-state index contributed by atoms with van der Waals surface area (Å²) in [6.07, 6.45) is 6.99. The summed E-state index contributed by atoms with van der Waals surface area (Å²) in [4.78, 5) is 15.4. The number of pyridine rings is 1.